The second-order valence-corrected chi connectivity index (χ2v) is 14.2. The zero-order chi connectivity index (χ0) is 42.6. The fourth-order valence-electron chi connectivity index (χ4n) is 5.47. The van der Waals surface area contributed by atoms with E-state index < -0.39 is 11.9 Å². The average molecular weight is 875 g/mol. The van der Waals surface area contributed by atoms with E-state index in [9.17, 15) is 23.8 Å². The van der Waals surface area contributed by atoms with Crippen LogP contribution in [-0.4, -0.2) is 36.4 Å². The molecule has 0 fully saturated rings. The lowest BCUT2D eigenvalue weighted by Gasteiger charge is -2.23. The van der Waals surface area contributed by atoms with E-state index in [1.54, 1.807) is 86.9 Å². The number of para-hydroxylation sites is 1. The number of aromatic hydroxyl groups is 2. The summed E-state index contributed by atoms with van der Waals surface area (Å²) in [6.45, 7) is 3.30. The molecule has 1 atom stereocenters. The Morgan fingerprint density at radius 1 is 0.661 bits per heavy atom. The third-order valence-electron chi connectivity index (χ3n) is 8.51. The highest BCUT2D eigenvalue weighted by Crippen LogP contribution is 2.40. The molecule has 0 aliphatic rings. The molecule has 0 spiro atoms. The molecule has 0 saturated carbocycles. The number of aldehydes is 1. The molecule has 5 N–H and O–H groups in total. The highest BCUT2D eigenvalue weighted by atomic mass is 35.5. The van der Waals surface area contributed by atoms with Crippen molar-refractivity contribution >= 4 is 86.1 Å². The molecule has 0 saturated heterocycles. The van der Waals surface area contributed by atoms with Gasteiger partial charge in [-0.25, -0.2) is 18.7 Å². The number of phenols is 2. The van der Waals surface area contributed by atoms with E-state index in [1.165, 1.54) is 6.07 Å². The summed E-state index contributed by atoms with van der Waals surface area (Å²) >= 11 is 23.9. The number of phenolic OH excluding ortho intramolecular Hbond substituents is 2. The first-order valence-electron chi connectivity index (χ1n) is 17.5. The number of aromatic nitrogens is 4. The first kappa shape index (κ1) is 44.0. The van der Waals surface area contributed by atoms with Gasteiger partial charge in [-0.05, 0) is 73.0 Å². The Hall–Kier alpha value is -6.11. The number of hydrogen-bond acceptors (Lipinski definition) is 9. The van der Waals surface area contributed by atoms with Crippen LogP contribution in [0, 0.1) is 25.5 Å². The van der Waals surface area contributed by atoms with Crippen LogP contribution in [0.15, 0.2) is 128 Å². The smallest absolute Gasteiger partial charge is 0.151 e. The van der Waals surface area contributed by atoms with E-state index in [0.29, 0.717) is 76.9 Å². The normalized spacial score (nSPS) is 10.9. The number of carbonyl (C=O) groups is 1. The number of carbonyl (C=O) groups excluding carboxylic acids is 1. The van der Waals surface area contributed by atoms with Crippen molar-refractivity contribution in [2.24, 2.45) is 0 Å². The third kappa shape index (κ3) is 11.3. The van der Waals surface area contributed by atoms with Crippen LogP contribution < -0.4 is 11.1 Å². The van der Waals surface area contributed by atoms with Crippen molar-refractivity contribution in [3.63, 3.8) is 0 Å². The summed E-state index contributed by atoms with van der Waals surface area (Å²) < 4.78 is 26.0. The van der Waals surface area contributed by atoms with Crippen LogP contribution in [0.5, 0.6) is 11.5 Å². The maximum Gasteiger partial charge on any atom is 0.151 e. The lowest BCUT2D eigenvalue weighted by atomic mass is 9.96. The molecule has 9 nitrogen and oxygen atoms in total. The average Bonchev–Trinajstić information content (AvgIpc) is 3.23. The van der Waals surface area contributed by atoms with E-state index in [1.807, 2.05) is 36.4 Å². The first-order chi connectivity index (χ1) is 28.3. The first-order valence-corrected chi connectivity index (χ1v) is 19.0. The number of rotatable bonds is 5. The van der Waals surface area contributed by atoms with Crippen molar-refractivity contribution in [2.45, 2.75) is 19.9 Å². The van der Waals surface area contributed by atoms with Crippen molar-refractivity contribution in [1.29, 1.82) is 0 Å². The molecule has 0 aliphatic heterocycles. The summed E-state index contributed by atoms with van der Waals surface area (Å²) in [6.07, 6.45) is 6.22. The molecule has 4 aromatic heterocycles. The zero-order valence-corrected chi connectivity index (χ0v) is 34.2. The minimum absolute atomic E-state index is 0.0236. The van der Waals surface area contributed by atoms with Crippen molar-refractivity contribution in [1.82, 2.24) is 19.9 Å². The van der Waals surface area contributed by atoms with Crippen LogP contribution in [0.2, 0.25) is 20.1 Å². The van der Waals surface area contributed by atoms with E-state index in [4.69, 9.17) is 52.1 Å². The largest absolute Gasteiger partial charge is 0.506 e. The number of aryl methyl sites for hydroxylation is 2. The summed E-state index contributed by atoms with van der Waals surface area (Å²) in [5.74, 6) is 0.341. The van der Waals surface area contributed by atoms with E-state index >= 15 is 0 Å². The SMILES string of the molecule is Cc1cc(N)ncc1F.Cc1cc(NC(c2cccc(Cl)c2Cl)c2ccc3cccnc3c2O)ncc1F.O=Cc1cccc(Cl)c1Cl.Oc1cccc2cccnc12. The van der Waals surface area contributed by atoms with Crippen molar-refractivity contribution in [3.8, 4) is 11.5 Å². The molecular weight excluding hydrogens is 840 g/mol. The molecule has 8 rings (SSSR count). The summed E-state index contributed by atoms with van der Waals surface area (Å²) in [5, 5.41) is 26.8. The second kappa shape index (κ2) is 20.5. The molecule has 59 heavy (non-hydrogen) atoms. The van der Waals surface area contributed by atoms with Gasteiger partial charge in [0.15, 0.2) is 6.29 Å². The number of nitrogens with zero attached hydrogens (tertiary/aromatic N) is 4. The topological polar surface area (TPSA) is 147 Å². The number of pyridine rings is 4. The van der Waals surface area contributed by atoms with Crippen molar-refractivity contribution in [2.75, 3.05) is 11.1 Å². The number of fused-ring (bicyclic) bond motifs is 2. The Morgan fingerprint density at radius 3 is 1.85 bits per heavy atom. The lowest BCUT2D eigenvalue weighted by Crippen LogP contribution is -2.14. The Morgan fingerprint density at radius 2 is 1.24 bits per heavy atom. The summed E-state index contributed by atoms with van der Waals surface area (Å²) in [6, 6.07) is 29.2. The number of nitrogens with one attached hydrogen (secondary N) is 1. The molecule has 300 valence electrons. The monoisotopic (exact) mass is 872 g/mol. The molecular formula is C44H34Cl4F2N6O3. The quantitative estimate of drug-likeness (QED) is 0.124. The molecule has 0 amide bonds. The van der Waals surface area contributed by atoms with Crippen molar-refractivity contribution < 1.29 is 23.8 Å². The maximum atomic E-state index is 13.7. The van der Waals surface area contributed by atoms with Crippen LogP contribution in [0.4, 0.5) is 20.4 Å². The highest BCUT2D eigenvalue weighted by Gasteiger charge is 2.23. The van der Waals surface area contributed by atoms with Crippen molar-refractivity contribution in [3.05, 3.63) is 187 Å². The molecule has 0 radical (unpaired) electrons. The predicted octanol–water partition coefficient (Wildman–Crippen LogP) is 12.1. The molecule has 4 aromatic carbocycles. The van der Waals surface area contributed by atoms with Gasteiger partial charge in [0.1, 0.15) is 45.8 Å². The number of nitrogen functional groups attached to an aromatic ring is 1. The predicted molar refractivity (Wildman–Crippen MR) is 233 cm³/mol. The lowest BCUT2D eigenvalue weighted by molar-refractivity contribution is 0.112. The van der Waals surface area contributed by atoms with Gasteiger partial charge in [0.2, 0.25) is 0 Å². The minimum Gasteiger partial charge on any atom is -0.506 e. The number of halogens is 6. The van der Waals surface area contributed by atoms with Crippen LogP contribution in [-0.2, 0) is 0 Å². The molecule has 0 bridgehead atoms. The minimum atomic E-state index is -0.593. The van der Waals surface area contributed by atoms with Crippen LogP contribution >= 0.6 is 46.4 Å². The fourth-order valence-corrected chi connectivity index (χ4v) is 6.24. The van der Waals surface area contributed by atoms with E-state index in [-0.39, 0.29) is 17.3 Å². The van der Waals surface area contributed by atoms with Crippen LogP contribution in [0.3, 0.4) is 0 Å². The third-order valence-corrected chi connectivity index (χ3v) is 10.2. The Balaban J connectivity index is 0.000000179. The van der Waals surface area contributed by atoms with E-state index in [2.05, 4.69) is 25.3 Å². The maximum absolute atomic E-state index is 13.7. The standard InChI is InChI=1S/C22H16Cl2FN3O.C9H7NO.C7H4Cl2O.C6H7FN2/c1-12-10-18(27-11-17(12)25)28-21(14-5-2-6-16(23)19(14)24)15-8-7-13-4-3-9-26-20(13)22(15)29;11-8-5-1-3-7-4-2-6-10-9(7)8;8-6-3-1-2-5(4-10)7(6)9;1-4-2-6(8)9-3-5(4)7/h2-11,21,29H,1H3,(H,27,28);1-6,11H;1-4H;2-3H,1H3,(H2,8,9). The number of anilines is 2. The number of hydrogen-bond donors (Lipinski definition) is 4. The highest BCUT2D eigenvalue weighted by molar-refractivity contribution is 6.43. The molecule has 0 aliphatic carbocycles. The van der Waals surface area contributed by atoms with Gasteiger partial charge in [0.05, 0.1) is 38.5 Å². The van der Waals surface area contributed by atoms with Gasteiger partial charge in [-0.15, -0.1) is 0 Å². The summed E-state index contributed by atoms with van der Waals surface area (Å²) in [4.78, 5) is 26.2. The van der Waals surface area contributed by atoms with Gasteiger partial charge >= 0.3 is 0 Å². The van der Waals surface area contributed by atoms with Gasteiger partial charge in [-0.3, -0.25) is 14.8 Å². The fraction of sp³-hybridized carbons (Fsp3) is 0.0682. The van der Waals surface area contributed by atoms with Gasteiger partial charge < -0.3 is 21.3 Å². The Kier molecular flexibility index (Phi) is 15.3. The van der Waals surface area contributed by atoms with Gasteiger partial charge in [-0.2, -0.15) is 0 Å². The van der Waals surface area contributed by atoms with Gasteiger partial charge in [0, 0.05) is 34.3 Å². The Bertz CT molecular complexity index is 2740. The van der Waals surface area contributed by atoms with Crippen LogP contribution in [0.1, 0.15) is 38.7 Å². The summed E-state index contributed by atoms with van der Waals surface area (Å²) in [7, 11) is 0. The van der Waals surface area contributed by atoms with Gasteiger partial charge in [-0.1, -0.05) is 107 Å². The van der Waals surface area contributed by atoms with Gasteiger partial charge in [0.25, 0.3) is 0 Å². The van der Waals surface area contributed by atoms with E-state index in [0.717, 1.165) is 23.2 Å². The molecule has 15 heteroatoms. The molecule has 1 unspecified atom stereocenters. The second-order valence-electron chi connectivity index (χ2n) is 12.6. The molecule has 8 aromatic rings. The number of benzene rings is 4. The Labute approximate surface area is 358 Å². The zero-order valence-electron chi connectivity index (χ0n) is 31.2. The summed E-state index contributed by atoms with van der Waals surface area (Å²) in [5.41, 5.74) is 8.98. The molecule has 4 heterocycles. The van der Waals surface area contributed by atoms with Crippen LogP contribution in [0.25, 0.3) is 21.8 Å². The number of nitrogens with two attached hydrogens (primary N) is 1.